The lowest BCUT2D eigenvalue weighted by atomic mass is 10.1. The number of aryl methyl sites for hydroxylation is 2. The van der Waals surface area contributed by atoms with Crippen molar-refractivity contribution in [2.75, 3.05) is 11.9 Å². The predicted octanol–water partition coefficient (Wildman–Crippen LogP) is 1.87. The maximum Gasteiger partial charge on any atom is 0.341 e. The molecule has 0 atom stereocenters. The minimum atomic E-state index is -0.652. The van der Waals surface area contributed by atoms with Crippen LogP contribution in [0.25, 0.3) is 0 Å². The first-order valence-electron chi connectivity index (χ1n) is 7.73. The number of aromatic nitrogens is 2. The molecule has 0 aliphatic rings. The third-order valence-electron chi connectivity index (χ3n) is 3.58. The molecule has 2 aromatic heterocycles. The van der Waals surface area contributed by atoms with Crippen LogP contribution in [-0.2, 0) is 16.1 Å². The van der Waals surface area contributed by atoms with Gasteiger partial charge in [-0.25, -0.2) is 4.79 Å². The summed E-state index contributed by atoms with van der Waals surface area (Å²) in [6.07, 6.45) is 1.83. The summed E-state index contributed by atoms with van der Waals surface area (Å²) in [7, 11) is 0. The third kappa shape index (κ3) is 4.24. The summed E-state index contributed by atoms with van der Waals surface area (Å²) < 4.78 is 6.72. The van der Waals surface area contributed by atoms with E-state index in [0.717, 1.165) is 17.0 Å². The normalized spacial score (nSPS) is 10.5. The van der Waals surface area contributed by atoms with Crippen LogP contribution in [0.3, 0.4) is 0 Å². The van der Waals surface area contributed by atoms with Crippen molar-refractivity contribution in [3.63, 3.8) is 0 Å². The van der Waals surface area contributed by atoms with E-state index in [-0.39, 0.29) is 34.4 Å². The summed E-state index contributed by atoms with van der Waals surface area (Å²) >= 11 is 0.973. The maximum absolute atomic E-state index is 12.2. The van der Waals surface area contributed by atoms with Gasteiger partial charge in [0.15, 0.2) is 0 Å². The summed E-state index contributed by atoms with van der Waals surface area (Å²) in [5.41, 5.74) is 6.87. The lowest BCUT2D eigenvalue weighted by molar-refractivity contribution is -0.116. The van der Waals surface area contributed by atoms with Gasteiger partial charge >= 0.3 is 5.97 Å². The number of nitrogens with one attached hydrogen (secondary N) is 1. The highest BCUT2D eigenvalue weighted by Crippen LogP contribution is 2.33. The van der Waals surface area contributed by atoms with E-state index in [0.29, 0.717) is 12.1 Å². The van der Waals surface area contributed by atoms with E-state index in [4.69, 9.17) is 10.5 Å². The Bertz CT molecular complexity index is 809. The number of carbonyl (C=O) groups excluding carboxylic acids is 3. The van der Waals surface area contributed by atoms with Gasteiger partial charge in [-0.15, -0.1) is 11.3 Å². The van der Waals surface area contributed by atoms with Crippen LogP contribution in [0.1, 0.15) is 44.6 Å². The summed E-state index contributed by atoms with van der Waals surface area (Å²) in [6.45, 7) is 5.77. The van der Waals surface area contributed by atoms with E-state index in [2.05, 4.69) is 10.4 Å². The van der Waals surface area contributed by atoms with Crippen LogP contribution >= 0.6 is 11.3 Å². The molecule has 0 aromatic carbocycles. The highest BCUT2D eigenvalue weighted by molar-refractivity contribution is 7.18. The fourth-order valence-corrected chi connectivity index (χ4v) is 3.38. The Hall–Kier alpha value is -2.68. The Labute approximate surface area is 149 Å². The number of ether oxygens (including phenoxy) is 1. The summed E-state index contributed by atoms with van der Waals surface area (Å²) in [5, 5.41) is 7.06. The molecule has 0 saturated carbocycles. The average Bonchev–Trinajstić information content (AvgIpc) is 3.09. The van der Waals surface area contributed by atoms with Crippen molar-refractivity contribution >= 4 is 34.1 Å². The van der Waals surface area contributed by atoms with Gasteiger partial charge in [-0.1, -0.05) is 0 Å². The molecule has 0 aliphatic carbocycles. The third-order valence-corrected chi connectivity index (χ3v) is 4.80. The molecule has 0 unspecified atom stereocenters. The molecule has 25 heavy (non-hydrogen) atoms. The van der Waals surface area contributed by atoms with Crippen molar-refractivity contribution in [2.45, 2.75) is 33.7 Å². The molecule has 8 nitrogen and oxygen atoms in total. The molecule has 2 amide bonds. The summed E-state index contributed by atoms with van der Waals surface area (Å²) in [5.74, 6) is -1.54. The molecule has 9 heteroatoms. The molecule has 0 spiro atoms. The van der Waals surface area contributed by atoms with Crippen LogP contribution in [0, 0.1) is 13.8 Å². The second-order valence-corrected chi connectivity index (χ2v) is 6.36. The largest absolute Gasteiger partial charge is 0.462 e. The van der Waals surface area contributed by atoms with E-state index < -0.39 is 11.9 Å². The SMILES string of the molecule is CCOC(=O)c1c(NC(=O)CCn2nccc2C)sc(C(N)=O)c1C. The standard InChI is InChI=1S/C16H20N4O4S/c1-4-24-16(23)12-10(3)13(14(17)22)25-15(12)19-11(21)6-8-20-9(2)5-7-18-20/h5,7H,4,6,8H2,1-3H3,(H2,17,22)(H,19,21). The molecule has 0 bridgehead atoms. The summed E-state index contributed by atoms with van der Waals surface area (Å²) in [4.78, 5) is 36.1. The molecule has 0 fully saturated rings. The number of esters is 1. The number of rotatable bonds is 7. The number of hydrogen-bond acceptors (Lipinski definition) is 6. The summed E-state index contributed by atoms with van der Waals surface area (Å²) in [6, 6.07) is 1.85. The fraction of sp³-hybridized carbons (Fsp3) is 0.375. The lowest BCUT2D eigenvalue weighted by Crippen LogP contribution is -2.17. The minimum absolute atomic E-state index is 0.171. The number of nitrogens with two attached hydrogens (primary N) is 1. The number of amides is 2. The van der Waals surface area contributed by atoms with Crippen molar-refractivity contribution in [2.24, 2.45) is 5.73 Å². The maximum atomic E-state index is 12.2. The van der Waals surface area contributed by atoms with Gasteiger partial charge in [0.2, 0.25) is 5.91 Å². The Morgan fingerprint density at radius 1 is 1.36 bits per heavy atom. The smallest absolute Gasteiger partial charge is 0.341 e. The van der Waals surface area contributed by atoms with Crippen molar-refractivity contribution in [3.8, 4) is 0 Å². The van der Waals surface area contributed by atoms with Crippen molar-refractivity contribution in [1.82, 2.24) is 9.78 Å². The second-order valence-electron chi connectivity index (χ2n) is 5.34. The van der Waals surface area contributed by atoms with Crippen LogP contribution in [0.15, 0.2) is 12.3 Å². The zero-order chi connectivity index (χ0) is 18.6. The van der Waals surface area contributed by atoms with Crippen molar-refractivity contribution in [1.29, 1.82) is 0 Å². The topological polar surface area (TPSA) is 116 Å². The molecular formula is C16H20N4O4S. The van der Waals surface area contributed by atoms with Gasteiger partial charge in [0.05, 0.1) is 17.0 Å². The van der Waals surface area contributed by atoms with Gasteiger partial charge in [-0.3, -0.25) is 14.3 Å². The second kappa shape index (κ2) is 7.93. The molecule has 2 heterocycles. The number of thiophene rings is 1. The Kier molecular flexibility index (Phi) is 5.92. The predicted molar refractivity (Wildman–Crippen MR) is 93.7 cm³/mol. The molecule has 2 aromatic rings. The molecule has 2 rings (SSSR count). The first kappa shape index (κ1) is 18.7. The van der Waals surface area contributed by atoms with Gasteiger partial charge in [-0.2, -0.15) is 5.10 Å². The number of anilines is 1. The molecule has 0 aliphatic heterocycles. The van der Waals surface area contributed by atoms with Gasteiger partial charge in [0.25, 0.3) is 5.91 Å². The zero-order valence-electron chi connectivity index (χ0n) is 14.3. The van der Waals surface area contributed by atoms with Gasteiger partial charge in [-0.05, 0) is 32.4 Å². The van der Waals surface area contributed by atoms with Crippen LogP contribution < -0.4 is 11.1 Å². The first-order chi connectivity index (χ1) is 11.8. The van der Waals surface area contributed by atoms with E-state index in [9.17, 15) is 14.4 Å². The van der Waals surface area contributed by atoms with Crippen LogP contribution in [-0.4, -0.2) is 34.2 Å². The van der Waals surface area contributed by atoms with Crippen molar-refractivity contribution < 1.29 is 19.1 Å². The molecular weight excluding hydrogens is 344 g/mol. The Morgan fingerprint density at radius 3 is 2.64 bits per heavy atom. The van der Waals surface area contributed by atoms with Crippen LogP contribution in [0.5, 0.6) is 0 Å². The Morgan fingerprint density at radius 2 is 2.08 bits per heavy atom. The van der Waals surface area contributed by atoms with E-state index >= 15 is 0 Å². The fourth-order valence-electron chi connectivity index (χ4n) is 2.32. The number of nitrogens with zero attached hydrogens (tertiary/aromatic N) is 2. The first-order valence-corrected chi connectivity index (χ1v) is 8.55. The number of hydrogen-bond donors (Lipinski definition) is 2. The highest BCUT2D eigenvalue weighted by Gasteiger charge is 2.25. The molecule has 134 valence electrons. The van der Waals surface area contributed by atoms with Crippen LogP contribution in [0.2, 0.25) is 0 Å². The van der Waals surface area contributed by atoms with Crippen LogP contribution in [0.4, 0.5) is 5.00 Å². The quantitative estimate of drug-likeness (QED) is 0.728. The molecule has 3 N–H and O–H groups in total. The van der Waals surface area contributed by atoms with E-state index in [1.54, 1.807) is 24.7 Å². The van der Waals surface area contributed by atoms with Crippen molar-refractivity contribution in [3.05, 3.63) is 34.0 Å². The molecule has 0 radical (unpaired) electrons. The number of primary amides is 1. The number of carbonyl (C=O) groups is 3. The molecule has 0 saturated heterocycles. The van der Waals surface area contributed by atoms with Gasteiger partial charge in [0.1, 0.15) is 5.00 Å². The van der Waals surface area contributed by atoms with Gasteiger partial charge in [0, 0.05) is 24.9 Å². The van der Waals surface area contributed by atoms with E-state index in [1.807, 2.05) is 13.0 Å². The average molecular weight is 364 g/mol. The lowest BCUT2D eigenvalue weighted by Gasteiger charge is -2.08. The minimum Gasteiger partial charge on any atom is -0.462 e. The monoisotopic (exact) mass is 364 g/mol. The van der Waals surface area contributed by atoms with Gasteiger partial charge < -0.3 is 15.8 Å². The Balaban J connectivity index is 2.18. The zero-order valence-corrected chi connectivity index (χ0v) is 15.1. The highest BCUT2D eigenvalue weighted by atomic mass is 32.1. The van der Waals surface area contributed by atoms with E-state index in [1.165, 1.54) is 0 Å².